The van der Waals surface area contributed by atoms with Crippen LogP contribution in [0.5, 0.6) is 0 Å². The maximum Gasteiger partial charge on any atom is 0.163 e. The lowest BCUT2D eigenvalue weighted by atomic mass is 9.83. The molecule has 0 spiro atoms. The van der Waals surface area contributed by atoms with E-state index in [4.69, 9.17) is 0 Å². The third-order valence-corrected chi connectivity index (χ3v) is 3.67. The second-order valence-electron chi connectivity index (χ2n) is 4.57. The SMILES string of the molecule is O=C1C2=C(C=CC(O)C2)C2C=CCCC12. The monoisotopic (exact) mass is 202 g/mol. The van der Waals surface area contributed by atoms with E-state index in [2.05, 4.69) is 12.2 Å². The third kappa shape index (κ3) is 1.25. The topological polar surface area (TPSA) is 37.3 Å². The Labute approximate surface area is 89.0 Å². The van der Waals surface area contributed by atoms with E-state index in [1.165, 1.54) is 0 Å². The van der Waals surface area contributed by atoms with Crippen LogP contribution in [0.25, 0.3) is 0 Å². The number of Topliss-reactive ketones (excluding diaryl/α,β-unsaturated/α-hetero) is 1. The first-order valence-corrected chi connectivity index (χ1v) is 5.57. The summed E-state index contributed by atoms with van der Waals surface area (Å²) in [6, 6.07) is 0. The fraction of sp³-hybridized carbons (Fsp3) is 0.462. The van der Waals surface area contributed by atoms with E-state index in [0.29, 0.717) is 12.3 Å². The summed E-state index contributed by atoms with van der Waals surface area (Å²) in [7, 11) is 0. The van der Waals surface area contributed by atoms with Gasteiger partial charge in [-0.2, -0.15) is 0 Å². The van der Waals surface area contributed by atoms with Crippen molar-refractivity contribution in [3.8, 4) is 0 Å². The summed E-state index contributed by atoms with van der Waals surface area (Å²) in [6.45, 7) is 0. The van der Waals surface area contributed by atoms with Gasteiger partial charge in [0.15, 0.2) is 5.78 Å². The molecule has 3 aliphatic carbocycles. The lowest BCUT2D eigenvalue weighted by molar-refractivity contribution is -0.119. The zero-order valence-electron chi connectivity index (χ0n) is 8.52. The molecule has 0 aromatic rings. The van der Waals surface area contributed by atoms with Crippen LogP contribution in [0.1, 0.15) is 19.3 Å². The molecular weight excluding hydrogens is 188 g/mol. The normalized spacial score (nSPS) is 38.2. The molecule has 78 valence electrons. The van der Waals surface area contributed by atoms with Gasteiger partial charge in [0, 0.05) is 23.8 Å². The van der Waals surface area contributed by atoms with Crippen molar-refractivity contribution in [1.29, 1.82) is 0 Å². The zero-order chi connectivity index (χ0) is 10.4. The molecule has 1 N–H and O–H groups in total. The number of allylic oxidation sites excluding steroid dienone is 4. The molecule has 3 atom stereocenters. The summed E-state index contributed by atoms with van der Waals surface area (Å²) in [5.74, 6) is 0.739. The molecule has 0 aromatic heterocycles. The molecule has 0 saturated carbocycles. The Bertz CT molecular complexity index is 401. The van der Waals surface area contributed by atoms with Crippen molar-refractivity contribution in [3.05, 3.63) is 35.5 Å². The first kappa shape index (κ1) is 9.10. The summed E-state index contributed by atoms with van der Waals surface area (Å²) in [5.41, 5.74) is 2.04. The Morgan fingerprint density at radius 3 is 3.07 bits per heavy atom. The van der Waals surface area contributed by atoms with Crippen LogP contribution >= 0.6 is 0 Å². The molecule has 0 radical (unpaired) electrons. The summed E-state index contributed by atoms with van der Waals surface area (Å²) < 4.78 is 0. The Morgan fingerprint density at radius 1 is 1.33 bits per heavy atom. The van der Waals surface area contributed by atoms with E-state index in [0.717, 1.165) is 24.0 Å². The highest BCUT2D eigenvalue weighted by Crippen LogP contribution is 2.44. The Kier molecular flexibility index (Phi) is 1.93. The Hall–Kier alpha value is -1.15. The molecule has 2 nitrogen and oxygen atoms in total. The quantitative estimate of drug-likeness (QED) is 0.608. The molecule has 2 heteroatoms. The van der Waals surface area contributed by atoms with Crippen LogP contribution in [0.4, 0.5) is 0 Å². The first-order valence-electron chi connectivity index (χ1n) is 5.57. The molecular formula is C13H14O2. The lowest BCUT2D eigenvalue weighted by Crippen LogP contribution is -2.19. The van der Waals surface area contributed by atoms with Gasteiger partial charge in [0.1, 0.15) is 0 Å². The van der Waals surface area contributed by atoms with Crippen LogP contribution < -0.4 is 0 Å². The zero-order valence-corrected chi connectivity index (χ0v) is 8.52. The second kappa shape index (κ2) is 3.17. The van der Waals surface area contributed by atoms with Gasteiger partial charge in [-0.3, -0.25) is 4.79 Å². The van der Waals surface area contributed by atoms with Crippen LogP contribution in [0.3, 0.4) is 0 Å². The summed E-state index contributed by atoms with van der Waals surface area (Å²) in [5, 5.41) is 9.52. The molecule has 3 unspecified atom stereocenters. The molecule has 0 bridgehead atoms. The highest BCUT2D eigenvalue weighted by molar-refractivity contribution is 6.02. The number of aliphatic hydroxyl groups is 1. The van der Waals surface area contributed by atoms with Crippen molar-refractivity contribution in [2.75, 3.05) is 0 Å². The minimum atomic E-state index is -0.461. The van der Waals surface area contributed by atoms with Crippen LogP contribution in [0.2, 0.25) is 0 Å². The Morgan fingerprint density at radius 2 is 2.20 bits per heavy atom. The van der Waals surface area contributed by atoms with Crippen molar-refractivity contribution in [3.63, 3.8) is 0 Å². The molecule has 0 aliphatic heterocycles. The number of fused-ring (bicyclic) bond motifs is 2. The fourth-order valence-electron chi connectivity index (χ4n) is 2.94. The molecule has 0 aromatic carbocycles. The van der Waals surface area contributed by atoms with Crippen molar-refractivity contribution in [1.82, 2.24) is 0 Å². The van der Waals surface area contributed by atoms with Crippen LogP contribution in [0.15, 0.2) is 35.5 Å². The summed E-state index contributed by atoms with van der Waals surface area (Å²) >= 11 is 0. The standard InChI is InChI=1S/C13H14O2/c14-8-5-6-10-9-3-1-2-4-11(9)13(15)12(10)7-8/h1,3,5-6,8-9,11,14H,2,4,7H2. The molecule has 0 heterocycles. The number of hydrogen-bond acceptors (Lipinski definition) is 2. The largest absolute Gasteiger partial charge is 0.389 e. The molecule has 0 amide bonds. The summed E-state index contributed by atoms with van der Waals surface area (Å²) in [6.07, 6.45) is 10.1. The van der Waals surface area contributed by atoms with E-state index >= 15 is 0 Å². The number of aliphatic hydroxyl groups excluding tert-OH is 1. The van der Waals surface area contributed by atoms with Gasteiger partial charge in [-0.25, -0.2) is 0 Å². The van der Waals surface area contributed by atoms with E-state index in [-0.39, 0.29) is 11.7 Å². The van der Waals surface area contributed by atoms with E-state index < -0.39 is 6.10 Å². The predicted octanol–water partition coefficient (Wildman–Crippen LogP) is 1.77. The van der Waals surface area contributed by atoms with Crippen molar-refractivity contribution in [2.45, 2.75) is 25.4 Å². The number of carbonyl (C=O) groups is 1. The van der Waals surface area contributed by atoms with Gasteiger partial charge in [-0.05, 0) is 18.4 Å². The second-order valence-corrected chi connectivity index (χ2v) is 4.57. The smallest absolute Gasteiger partial charge is 0.163 e. The average Bonchev–Trinajstić information content (AvgIpc) is 2.54. The average molecular weight is 202 g/mol. The van der Waals surface area contributed by atoms with Crippen LogP contribution in [0, 0.1) is 11.8 Å². The molecule has 0 fully saturated rings. The maximum absolute atomic E-state index is 12.1. The summed E-state index contributed by atoms with van der Waals surface area (Å²) in [4.78, 5) is 12.1. The lowest BCUT2D eigenvalue weighted by Gasteiger charge is -2.20. The number of ketones is 1. The number of hydrogen-bond donors (Lipinski definition) is 1. The van der Waals surface area contributed by atoms with Gasteiger partial charge in [-0.15, -0.1) is 0 Å². The number of rotatable bonds is 0. The molecule has 3 aliphatic rings. The van der Waals surface area contributed by atoms with Gasteiger partial charge in [0.2, 0.25) is 0 Å². The van der Waals surface area contributed by atoms with Gasteiger partial charge in [0.05, 0.1) is 6.10 Å². The third-order valence-electron chi connectivity index (χ3n) is 3.67. The first-order chi connectivity index (χ1) is 7.27. The van der Waals surface area contributed by atoms with Crippen LogP contribution in [-0.2, 0) is 4.79 Å². The molecule has 0 saturated heterocycles. The van der Waals surface area contributed by atoms with E-state index in [1.54, 1.807) is 6.08 Å². The Balaban J connectivity index is 2.03. The van der Waals surface area contributed by atoms with Gasteiger partial charge in [0.25, 0.3) is 0 Å². The highest BCUT2D eigenvalue weighted by atomic mass is 16.3. The van der Waals surface area contributed by atoms with Crippen molar-refractivity contribution >= 4 is 5.78 Å². The highest BCUT2D eigenvalue weighted by Gasteiger charge is 2.41. The maximum atomic E-state index is 12.1. The molecule has 15 heavy (non-hydrogen) atoms. The van der Waals surface area contributed by atoms with Gasteiger partial charge in [-0.1, -0.05) is 24.3 Å². The van der Waals surface area contributed by atoms with Crippen molar-refractivity contribution in [2.24, 2.45) is 11.8 Å². The van der Waals surface area contributed by atoms with Gasteiger partial charge < -0.3 is 5.11 Å². The minimum Gasteiger partial charge on any atom is -0.389 e. The molecule has 3 rings (SSSR count). The number of carbonyl (C=O) groups excluding carboxylic acids is 1. The fourth-order valence-corrected chi connectivity index (χ4v) is 2.94. The van der Waals surface area contributed by atoms with E-state index in [9.17, 15) is 9.90 Å². The minimum absolute atomic E-state index is 0.162. The van der Waals surface area contributed by atoms with E-state index in [1.807, 2.05) is 6.08 Å². The van der Waals surface area contributed by atoms with Gasteiger partial charge >= 0.3 is 0 Å². The predicted molar refractivity (Wildman–Crippen MR) is 57.2 cm³/mol. The van der Waals surface area contributed by atoms with Crippen molar-refractivity contribution < 1.29 is 9.90 Å². The van der Waals surface area contributed by atoms with Crippen LogP contribution in [-0.4, -0.2) is 17.0 Å².